The third-order valence-corrected chi connectivity index (χ3v) is 4.67. The molecule has 4 nitrogen and oxygen atoms in total. The van der Waals surface area contributed by atoms with E-state index in [0.717, 1.165) is 29.3 Å². The van der Waals surface area contributed by atoms with Crippen LogP contribution in [0.4, 0.5) is 5.13 Å². The summed E-state index contributed by atoms with van der Waals surface area (Å²) in [6.45, 7) is 6.55. The minimum absolute atomic E-state index is 0.487. The minimum Gasteiger partial charge on any atom is -0.347 e. The standard InChI is InChI=1S/C12H22N4S/c1-9(2)11-13-14-12(17-11)16-7-5-10(6-8-16)15(3)4/h9-10H,5-8H2,1-4H3. The Bertz CT molecular complexity index is 353. The number of hydrogen-bond donors (Lipinski definition) is 0. The molecule has 1 aromatic rings. The molecule has 2 heterocycles. The minimum atomic E-state index is 0.487. The van der Waals surface area contributed by atoms with Crippen molar-refractivity contribution < 1.29 is 0 Å². The second-order valence-corrected chi connectivity index (χ2v) is 6.25. The van der Waals surface area contributed by atoms with Gasteiger partial charge in [0.05, 0.1) is 0 Å². The van der Waals surface area contributed by atoms with Gasteiger partial charge in [-0.1, -0.05) is 25.2 Å². The zero-order valence-electron chi connectivity index (χ0n) is 11.2. The molecule has 1 fully saturated rings. The van der Waals surface area contributed by atoms with Crippen molar-refractivity contribution in [2.75, 3.05) is 32.1 Å². The molecule has 1 aromatic heterocycles. The molecular formula is C12H22N4S. The highest BCUT2D eigenvalue weighted by Crippen LogP contribution is 2.28. The summed E-state index contributed by atoms with van der Waals surface area (Å²) in [6.07, 6.45) is 2.45. The maximum Gasteiger partial charge on any atom is 0.208 e. The molecule has 1 saturated heterocycles. The molecule has 0 radical (unpaired) electrons. The second kappa shape index (κ2) is 5.31. The summed E-state index contributed by atoms with van der Waals surface area (Å²) in [5.41, 5.74) is 0. The molecule has 96 valence electrons. The van der Waals surface area contributed by atoms with Crippen LogP contribution in [0.25, 0.3) is 0 Å². The molecule has 0 aliphatic carbocycles. The van der Waals surface area contributed by atoms with Gasteiger partial charge in [0.25, 0.3) is 0 Å². The van der Waals surface area contributed by atoms with E-state index >= 15 is 0 Å². The summed E-state index contributed by atoms with van der Waals surface area (Å²) in [6, 6.07) is 0.726. The highest BCUT2D eigenvalue weighted by molar-refractivity contribution is 7.15. The van der Waals surface area contributed by atoms with Crippen molar-refractivity contribution in [3.05, 3.63) is 5.01 Å². The van der Waals surface area contributed by atoms with E-state index < -0.39 is 0 Å². The van der Waals surface area contributed by atoms with E-state index in [1.807, 2.05) is 0 Å². The third kappa shape index (κ3) is 2.96. The van der Waals surface area contributed by atoms with E-state index in [0.29, 0.717) is 5.92 Å². The molecular weight excluding hydrogens is 232 g/mol. The van der Waals surface area contributed by atoms with Crippen molar-refractivity contribution in [2.24, 2.45) is 0 Å². The van der Waals surface area contributed by atoms with Crippen LogP contribution in [0, 0.1) is 0 Å². The van der Waals surface area contributed by atoms with Crippen LogP contribution < -0.4 is 4.90 Å². The summed E-state index contributed by atoms with van der Waals surface area (Å²) in [5.74, 6) is 0.487. The van der Waals surface area contributed by atoms with Gasteiger partial charge in [-0.3, -0.25) is 0 Å². The Morgan fingerprint density at radius 1 is 1.24 bits per heavy atom. The van der Waals surface area contributed by atoms with Crippen molar-refractivity contribution in [1.29, 1.82) is 0 Å². The lowest BCUT2D eigenvalue weighted by molar-refractivity contribution is 0.249. The summed E-state index contributed by atoms with van der Waals surface area (Å²) in [5, 5.41) is 10.8. The summed E-state index contributed by atoms with van der Waals surface area (Å²) >= 11 is 1.75. The molecule has 0 saturated carbocycles. The van der Waals surface area contributed by atoms with Crippen LogP contribution in [0.3, 0.4) is 0 Å². The summed E-state index contributed by atoms with van der Waals surface area (Å²) in [7, 11) is 4.34. The first-order valence-electron chi connectivity index (χ1n) is 6.32. The Hall–Kier alpha value is -0.680. The molecule has 0 aromatic carbocycles. The van der Waals surface area contributed by atoms with E-state index in [4.69, 9.17) is 0 Å². The zero-order valence-corrected chi connectivity index (χ0v) is 12.0. The quantitative estimate of drug-likeness (QED) is 0.827. The van der Waals surface area contributed by atoms with E-state index in [1.165, 1.54) is 12.8 Å². The highest BCUT2D eigenvalue weighted by Gasteiger charge is 2.23. The predicted molar refractivity (Wildman–Crippen MR) is 72.9 cm³/mol. The van der Waals surface area contributed by atoms with E-state index in [-0.39, 0.29) is 0 Å². The summed E-state index contributed by atoms with van der Waals surface area (Å²) < 4.78 is 0. The Labute approximate surface area is 108 Å². The van der Waals surface area contributed by atoms with E-state index in [2.05, 4.69) is 47.9 Å². The fourth-order valence-corrected chi connectivity index (χ4v) is 3.06. The van der Waals surface area contributed by atoms with Gasteiger partial charge in [-0.2, -0.15) is 0 Å². The topological polar surface area (TPSA) is 32.3 Å². The van der Waals surface area contributed by atoms with Gasteiger partial charge in [-0.05, 0) is 26.9 Å². The average Bonchev–Trinajstić information content (AvgIpc) is 2.78. The number of nitrogens with zero attached hydrogens (tertiary/aromatic N) is 4. The lowest BCUT2D eigenvalue weighted by Gasteiger charge is -2.34. The maximum absolute atomic E-state index is 4.31. The first kappa shape index (κ1) is 12.8. The largest absolute Gasteiger partial charge is 0.347 e. The molecule has 17 heavy (non-hydrogen) atoms. The zero-order chi connectivity index (χ0) is 12.4. The predicted octanol–water partition coefficient (Wildman–Crippen LogP) is 2.19. The second-order valence-electron chi connectivity index (χ2n) is 5.26. The van der Waals surface area contributed by atoms with Crippen molar-refractivity contribution in [1.82, 2.24) is 15.1 Å². The highest BCUT2D eigenvalue weighted by atomic mass is 32.1. The normalized spacial score (nSPS) is 18.4. The van der Waals surface area contributed by atoms with Gasteiger partial charge in [0.15, 0.2) is 0 Å². The van der Waals surface area contributed by atoms with Crippen LogP contribution in [0.5, 0.6) is 0 Å². The molecule has 0 atom stereocenters. The third-order valence-electron chi connectivity index (χ3n) is 3.39. The van der Waals surface area contributed by atoms with Gasteiger partial charge in [0, 0.05) is 25.0 Å². The molecule has 0 N–H and O–H groups in total. The average molecular weight is 254 g/mol. The fourth-order valence-electron chi connectivity index (χ4n) is 2.16. The van der Waals surface area contributed by atoms with Gasteiger partial charge in [-0.15, -0.1) is 10.2 Å². The molecule has 1 aliphatic heterocycles. The van der Waals surface area contributed by atoms with Gasteiger partial charge in [-0.25, -0.2) is 0 Å². The SMILES string of the molecule is CC(C)c1nnc(N2CCC(N(C)C)CC2)s1. The van der Waals surface area contributed by atoms with Gasteiger partial charge in [0.2, 0.25) is 5.13 Å². The number of aromatic nitrogens is 2. The van der Waals surface area contributed by atoms with Gasteiger partial charge in [0.1, 0.15) is 5.01 Å². The molecule has 0 unspecified atom stereocenters. The van der Waals surface area contributed by atoms with Crippen LogP contribution in [-0.2, 0) is 0 Å². The first-order valence-corrected chi connectivity index (χ1v) is 7.14. The lowest BCUT2D eigenvalue weighted by Crippen LogP contribution is -2.41. The molecule has 5 heteroatoms. The van der Waals surface area contributed by atoms with Crippen LogP contribution in [0.15, 0.2) is 0 Å². The fraction of sp³-hybridized carbons (Fsp3) is 0.833. The van der Waals surface area contributed by atoms with Gasteiger partial charge >= 0.3 is 0 Å². The molecule has 1 aliphatic rings. The Balaban J connectivity index is 1.96. The van der Waals surface area contributed by atoms with E-state index in [1.54, 1.807) is 11.3 Å². The number of piperidine rings is 1. The van der Waals surface area contributed by atoms with Crippen molar-refractivity contribution in [3.63, 3.8) is 0 Å². The summed E-state index contributed by atoms with van der Waals surface area (Å²) in [4.78, 5) is 4.71. The van der Waals surface area contributed by atoms with E-state index in [9.17, 15) is 0 Å². The van der Waals surface area contributed by atoms with Crippen molar-refractivity contribution in [2.45, 2.75) is 38.6 Å². The number of anilines is 1. The first-order chi connectivity index (χ1) is 8.08. The van der Waals surface area contributed by atoms with Crippen molar-refractivity contribution in [3.8, 4) is 0 Å². The van der Waals surface area contributed by atoms with Gasteiger partial charge < -0.3 is 9.80 Å². The lowest BCUT2D eigenvalue weighted by atomic mass is 10.1. The van der Waals surface area contributed by atoms with Crippen LogP contribution >= 0.6 is 11.3 Å². The van der Waals surface area contributed by atoms with Crippen LogP contribution in [0.1, 0.15) is 37.6 Å². The maximum atomic E-state index is 4.31. The molecule has 0 spiro atoms. The monoisotopic (exact) mass is 254 g/mol. The molecule has 2 rings (SSSR count). The molecule has 0 bridgehead atoms. The Morgan fingerprint density at radius 2 is 1.88 bits per heavy atom. The number of hydrogen-bond acceptors (Lipinski definition) is 5. The van der Waals surface area contributed by atoms with Crippen LogP contribution in [0.2, 0.25) is 0 Å². The Morgan fingerprint density at radius 3 is 2.35 bits per heavy atom. The van der Waals surface area contributed by atoms with Crippen molar-refractivity contribution >= 4 is 16.5 Å². The smallest absolute Gasteiger partial charge is 0.208 e. The Kier molecular flexibility index (Phi) is 3.99. The molecule has 0 amide bonds. The number of rotatable bonds is 3. The van der Waals surface area contributed by atoms with Crippen LogP contribution in [-0.4, -0.2) is 48.3 Å².